The minimum absolute atomic E-state index is 0.0709. The van der Waals surface area contributed by atoms with Gasteiger partial charge in [0.15, 0.2) is 0 Å². The van der Waals surface area contributed by atoms with Crippen LogP contribution in [0.2, 0.25) is 0 Å². The molecule has 0 aliphatic heterocycles. The van der Waals surface area contributed by atoms with Gasteiger partial charge in [0.1, 0.15) is 5.82 Å². The van der Waals surface area contributed by atoms with Crippen molar-refractivity contribution in [2.75, 3.05) is 10.6 Å². The van der Waals surface area contributed by atoms with Crippen molar-refractivity contribution in [3.63, 3.8) is 0 Å². The molecule has 1 aromatic heterocycles. The van der Waals surface area contributed by atoms with Crippen LogP contribution in [0, 0.1) is 0 Å². The molecule has 2 N–H and O–H groups in total. The van der Waals surface area contributed by atoms with Crippen molar-refractivity contribution in [3.8, 4) is 0 Å². The fourth-order valence-corrected chi connectivity index (χ4v) is 2.69. The Morgan fingerprint density at radius 1 is 0.926 bits per heavy atom. The van der Waals surface area contributed by atoms with Gasteiger partial charge in [-0.2, -0.15) is 0 Å². The fourth-order valence-electron chi connectivity index (χ4n) is 2.69. The lowest BCUT2D eigenvalue weighted by Crippen LogP contribution is -2.14. The molecule has 0 aliphatic rings. The zero-order valence-corrected chi connectivity index (χ0v) is 16.0. The van der Waals surface area contributed by atoms with Gasteiger partial charge in [0.05, 0.1) is 11.9 Å². The van der Waals surface area contributed by atoms with Gasteiger partial charge in [0.2, 0.25) is 0 Å². The summed E-state index contributed by atoms with van der Waals surface area (Å²) in [4.78, 5) is 16.8. The summed E-state index contributed by atoms with van der Waals surface area (Å²) in [5.74, 6) is 0.633. The Balaban J connectivity index is 1.58. The summed E-state index contributed by atoms with van der Waals surface area (Å²) >= 11 is 0. The molecule has 0 fully saturated rings. The molecule has 1 amide bonds. The molecule has 0 unspecified atom stereocenters. The smallest absolute Gasteiger partial charge is 0.255 e. The van der Waals surface area contributed by atoms with Crippen LogP contribution < -0.4 is 10.6 Å². The first-order valence-corrected chi connectivity index (χ1v) is 9.07. The van der Waals surface area contributed by atoms with Crippen molar-refractivity contribution in [1.29, 1.82) is 0 Å². The molecule has 3 aromatic rings. The number of pyridine rings is 1. The Morgan fingerprint density at radius 3 is 2.22 bits per heavy atom. The normalized spacial score (nSPS) is 11.1. The van der Waals surface area contributed by atoms with Crippen LogP contribution in [0.3, 0.4) is 0 Å². The molecule has 27 heavy (non-hydrogen) atoms. The summed E-state index contributed by atoms with van der Waals surface area (Å²) in [5, 5.41) is 6.16. The number of benzene rings is 2. The van der Waals surface area contributed by atoms with E-state index in [0.29, 0.717) is 17.8 Å². The highest BCUT2D eigenvalue weighted by Crippen LogP contribution is 2.22. The van der Waals surface area contributed by atoms with E-state index in [1.807, 2.05) is 54.6 Å². The van der Waals surface area contributed by atoms with E-state index in [2.05, 4.69) is 48.5 Å². The first kappa shape index (κ1) is 18.6. The SMILES string of the molecule is CC(C)(C)c1ccc(C(=O)Nc2ccc(NCc3ccccc3)nc2)cc1. The van der Waals surface area contributed by atoms with Crippen LogP contribution in [0.25, 0.3) is 0 Å². The van der Waals surface area contributed by atoms with Crippen molar-refractivity contribution in [3.05, 3.63) is 89.6 Å². The molecule has 138 valence electrons. The second-order valence-corrected chi connectivity index (χ2v) is 7.55. The highest BCUT2D eigenvalue weighted by atomic mass is 16.1. The van der Waals surface area contributed by atoms with Crippen molar-refractivity contribution < 1.29 is 4.79 Å². The maximum atomic E-state index is 12.4. The van der Waals surface area contributed by atoms with Crippen molar-refractivity contribution in [1.82, 2.24) is 4.98 Å². The third kappa shape index (κ3) is 5.17. The molecule has 2 aromatic carbocycles. The summed E-state index contributed by atoms with van der Waals surface area (Å²) in [6, 6.07) is 21.6. The first-order valence-electron chi connectivity index (χ1n) is 9.07. The van der Waals surface area contributed by atoms with E-state index in [0.717, 1.165) is 5.82 Å². The van der Waals surface area contributed by atoms with Gasteiger partial charge >= 0.3 is 0 Å². The van der Waals surface area contributed by atoms with E-state index in [1.54, 1.807) is 6.20 Å². The highest BCUT2D eigenvalue weighted by molar-refractivity contribution is 6.04. The quantitative estimate of drug-likeness (QED) is 0.655. The lowest BCUT2D eigenvalue weighted by Gasteiger charge is -2.19. The average molecular weight is 359 g/mol. The van der Waals surface area contributed by atoms with Gasteiger partial charge in [-0.15, -0.1) is 0 Å². The second kappa shape index (κ2) is 8.04. The maximum absolute atomic E-state index is 12.4. The molecule has 3 rings (SSSR count). The van der Waals surface area contributed by atoms with Crippen LogP contribution in [0.5, 0.6) is 0 Å². The minimum Gasteiger partial charge on any atom is -0.366 e. The van der Waals surface area contributed by atoms with E-state index < -0.39 is 0 Å². The largest absolute Gasteiger partial charge is 0.366 e. The highest BCUT2D eigenvalue weighted by Gasteiger charge is 2.14. The van der Waals surface area contributed by atoms with E-state index in [9.17, 15) is 4.79 Å². The van der Waals surface area contributed by atoms with Crippen molar-refractivity contribution >= 4 is 17.4 Å². The summed E-state index contributed by atoms with van der Waals surface area (Å²) in [6.07, 6.45) is 1.66. The molecule has 4 nitrogen and oxygen atoms in total. The number of hydrogen-bond acceptors (Lipinski definition) is 3. The lowest BCUT2D eigenvalue weighted by atomic mass is 9.87. The predicted octanol–water partition coefficient (Wildman–Crippen LogP) is 5.24. The Bertz CT molecular complexity index is 880. The Labute approximate surface area is 160 Å². The summed E-state index contributed by atoms with van der Waals surface area (Å²) < 4.78 is 0. The molecule has 0 saturated carbocycles. The summed E-state index contributed by atoms with van der Waals surface area (Å²) in [6.45, 7) is 7.17. The third-order valence-electron chi connectivity index (χ3n) is 4.35. The van der Waals surface area contributed by atoms with Gasteiger partial charge in [0.25, 0.3) is 5.91 Å². The van der Waals surface area contributed by atoms with Gasteiger partial charge in [-0.25, -0.2) is 4.98 Å². The standard InChI is InChI=1S/C23H25N3O/c1-23(2,3)19-11-9-18(10-12-19)22(27)26-20-13-14-21(25-16-20)24-15-17-7-5-4-6-8-17/h4-14,16H,15H2,1-3H3,(H,24,25)(H,26,27). The zero-order chi connectivity index (χ0) is 19.3. The second-order valence-electron chi connectivity index (χ2n) is 7.55. The molecule has 4 heteroatoms. The topological polar surface area (TPSA) is 54.0 Å². The van der Waals surface area contributed by atoms with Crippen LogP contribution in [0.4, 0.5) is 11.5 Å². The van der Waals surface area contributed by atoms with Gasteiger partial charge in [-0.05, 0) is 40.8 Å². The van der Waals surface area contributed by atoms with Crippen LogP contribution in [0.15, 0.2) is 72.9 Å². The Hall–Kier alpha value is -3.14. The van der Waals surface area contributed by atoms with Gasteiger partial charge < -0.3 is 10.6 Å². The zero-order valence-electron chi connectivity index (χ0n) is 16.0. The summed E-state index contributed by atoms with van der Waals surface area (Å²) in [7, 11) is 0. The maximum Gasteiger partial charge on any atom is 0.255 e. The molecular weight excluding hydrogens is 334 g/mol. The van der Waals surface area contributed by atoms with Crippen LogP contribution in [-0.4, -0.2) is 10.9 Å². The molecule has 0 saturated heterocycles. The number of carbonyl (C=O) groups is 1. The molecule has 0 bridgehead atoms. The molecule has 0 aliphatic carbocycles. The molecule has 0 atom stereocenters. The van der Waals surface area contributed by atoms with E-state index >= 15 is 0 Å². The van der Waals surface area contributed by atoms with Crippen molar-refractivity contribution in [2.45, 2.75) is 32.7 Å². The first-order chi connectivity index (χ1) is 12.9. The van der Waals surface area contributed by atoms with Gasteiger partial charge in [-0.3, -0.25) is 4.79 Å². The third-order valence-corrected chi connectivity index (χ3v) is 4.35. The number of rotatable bonds is 5. The van der Waals surface area contributed by atoms with Gasteiger partial charge in [-0.1, -0.05) is 63.2 Å². The number of aromatic nitrogens is 1. The van der Waals surface area contributed by atoms with Crippen LogP contribution >= 0.6 is 0 Å². The van der Waals surface area contributed by atoms with Crippen LogP contribution in [0.1, 0.15) is 42.3 Å². The number of hydrogen-bond donors (Lipinski definition) is 2. The number of anilines is 2. The number of nitrogens with zero attached hydrogens (tertiary/aromatic N) is 1. The minimum atomic E-state index is -0.137. The van der Waals surface area contributed by atoms with Gasteiger partial charge in [0, 0.05) is 12.1 Å². The molecule has 0 spiro atoms. The average Bonchev–Trinajstić information content (AvgIpc) is 2.68. The van der Waals surface area contributed by atoms with Crippen molar-refractivity contribution in [2.24, 2.45) is 0 Å². The number of amides is 1. The Morgan fingerprint density at radius 2 is 1.63 bits per heavy atom. The molecule has 1 heterocycles. The number of carbonyl (C=O) groups excluding carboxylic acids is 1. The lowest BCUT2D eigenvalue weighted by molar-refractivity contribution is 0.102. The van der Waals surface area contributed by atoms with E-state index in [-0.39, 0.29) is 11.3 Å². The monoisotopic (exact) mass is 359 g/mol. The fraction of sp³-hybridized carbons (Fsp3) is 0.217. The van der Waals surface area contributed by atoms with E-state index in [1.165, 1.54) is 11.1 Å². The predicted molar refractivity (Wildman–Crippen MR) is 111 cm³/mol. The van der Waals surface area contributed by atoms with E-state index in [4.69, 9.17) is 0 Å². The Kier molecular flexibility index (Phi) is 5.55. The molecular formula is C23H25N3O. The molecule has 0 radical (unpaired) electrons. The van der Waals surface area contributed by atoms with Crippen LogP contribution in [-0.2, 0) is 12.0 Å². The number of nitrogens with one attached hydrogen (secondary N) is 2. The summed E-state index contributed by atoms with van der Waals surface area (Å²) in [5.41, 5.74) is 3.77.